The molecule has 0 heterocycles. The van der Waals surface area contributed by atoms with Gasteiger partial charge in [-0.25, -0.2) is 0 Å². The van der Waals surface area contributed by atoms with E-state index in [1.54, 1.807) is 0 Å². The number of carbonyl (C=O) groups is 1. The molecule has 1 amide bonds. The normalized spacial score (nSPS) is 15.6. The fraction of sp³-hybridized carbons (Fsp3) is 0.333. The molecular weight excluding hydrogens is 224 g/mol. The minimum absolute atomic E-state index is 0.214. The van der Waals surface area contributed by atoms with Crippen LogP contribution < -0.4 is 5.32 Å². The molecule has 0 unspecified atom stereocenters. The second-order valence-electron chi connectivity index (χ2n) is 4.73. The molecule has 0 atom stereocenters. The van der Waals surface area contributed by atoms with Crippen molar-refractivity contribution in [1.29, 1.82) is 5.26 Å². The average molecular weight is 240 g/mol. The Kier molecular flexibility index (Phi) is 3.47. The molecule has 3 nitrogen and oxygen atoms in total. The Bertz CT molecular complexity index is 531. The number of hydrogen-bond donors (Lipinski definition) is 1. The van der Waals surface area contributed by atoms with E-state index in [1.165, 1.54) is 0 Å². The summed E-state index contributed by atoms with van der Waals surface area (Å²) in [6.45, 7) is 3.82. The lowest BCUT2D eigenvalue weighted by Gasteiger charge is -2.07. The zero-order chi connectivity index (χ0) is 13.1. The van der Waals surface area contributed by atoms with Crippen LogP contribution in [0.15, 0.2) is 29.8 Å². The van der Waals surface area contributed by atoms with Crippen LogP contribution in [-0.2, 0) is 4.79 Å². The molecule has 0 saturated heterocycles. The number of nitrogens with one attached hydrogen (secondary N) is 1. The summed E-state index contributed by atoms with van der Waals surface area (Å²) in [6, 6.07) is 10.1. The molecule has 0 aromatic heterocycles. The zero-order valence-corrected chi connectivity index (χ0v) is 10.7. The maximum atomic E-state index is 11.9. The van der Waals surface area contributed by atoms with Gasteiger partial charge in [0.15, 0.2) is 0 Å². The summed E-state index contributed by atoms with van der Waals surface area (Å²) in [5.74, 6) is -0.252. The standard InChI is InChI=1S/C15H16N2O/c1-10-3-5-12(6-4-10)11(2)14(9-16)15(18)17-13-7-8-13/h3-6,13H,7-8H2,1-2H3,(H,17,18). The first-order valence-electron chi connectivity index (χ1n) is 6.10. The van der Waals surface area contributed by atoms with Gasteiger partial charge in [-0.3, -0.25) is 4.79 Å². The van der Waals surface area contributed by atoms with Crippen molar-refractivity contribution in [3.8, 4) is 6.07 Å². The van der Waals surface area contributed by atoms with Crippen LogP contribution in [0.4, 0.5) is 0 Å². The number of benzene rings is 1. The molecule has 1 aliphatic rings. The topological polar surface area (TPSA) is 52.9 Å². The summed E-state index contributed by atoms with van der Waals surface area (Å²) in [5.41, 5.74) is 3.02. The number of rotatable bonds is 3. The van der Waals surface area contributed by atoms with E-state index >= 15 is 0 Å². The van der Waals surface area contributed by atoms with Gasteiger partial charge in [0.05, 0.1) is 0 Å². The number of nitrogens with zero attached hydrogens (tertiary/aromatic N) is 1. The second kappa shape index (κ2) is 5.05. The Morgan fingerprint density at radius 2 is 1.94 bits per heavy atom. The van der Waals surface area contributed by atoms with Gasteiger partial charge in [0.25, 0.3) is 5.91 Å². The minimum atomic E-state index is -0.252. The van der Waals surface area contributed by atoms with Gasteiger partial charge in [0.2, 0.25) is 0 Å². The van der Waals surface area contributed by atoms with E-state index in [4.69, 9.17) is 5.26 Å². The Morgan fingerprint density at radius 3 is 2.44 bits per heavy atom. The predicted octanol–water partition coefficient (Wildman–Crippen LogP) is 2.57. The van der Waals surface area contributed by atoms with Crippen LogP contribution in [0.25, 0.3) is 5.57 Å². The van der Waals surface area contributed by atoms with Gasteiger partial charge in [-0.05, 0) is 37.8 Å². The van der Waals surface area contributed by atoms with E-state index in [2.05, 4.69) is 5.32 Å². The highest BCUT2D eigenvalue weighted by Gasteiger charge is 2.25. The highest BCUT2D eigenvalue weighted by Crippen LogP contribution is 2.22. The van der Waals surface area contributed by atoms with Crippen LogP contribution >= 0.6 is 0 Å². The van der Waals surface area contributed by atoms with Gasteiger partial charge < -0.3 is 5.32 Å². The highest BCUT2D eigenvalue weighted by molar-refractivity contribution is 6.04. The van der Waals surface area contributed by atoms with E-state index in [0.29, 0.717) is 0 Å². The van der Waals surface area contributed by atoms with Crippen LogP contribution in [0, 0.1) is 18.3 Å². The first kappa shape index (κ1) is 12.4. The number of carbonyl (C=O) groups excluding carboxylic acids is 1. The number of hydrogen-bond acceptors (Lipinski definition) is 2. The van der Waals surface area contributed by atoms with Crippen LogP contribution in [-0.4, -0.2) is 11.9 Å². The molecule has 1 saturated carbocycles. The fourth-order valence-electron chi connectivity index (χ4n) is 1.74. The Balaban J connectivity index is 2.27. The number of nitriles is 1. The lowest BCUT2D eigenvalue weighted by atomic mass is 10.0. The number of allylic oxidation sites excluding steroid dienone is 1. The Morgan fingerprint density at radius 1 is 1.33 bits per heavy atom. The van der Waals surface area contributed by atoms with Gasteiger partial charge in [-0.2, -0.15) is 5.26 Å². The van der Waals surface area contributed by atoms with Crippen molar-refractivity contribution >= 4 is 11.5 Å². The van der Waals surface area contributed by atoms with Crippen LogP contribution in [0.5, 0.6) is 0 Å². The van der Waals surface area contributed by atoms with E-state index in [-0.39, 0.29) is 17.5 Å². The zero-order valence-electron chi connectivity index (χ0n) is 10.7. The second-order valence-corrected chi connectivity index (χ2v) is 4.73. The highest BCUT2D eigenvalue weighted by atomic mass is 16.1. The summed E-state index contributed by atoms with van der Waals surface area (Å²) >= 11 is 0. The maximum absolute atomic E-state index is 11.9. The fourth-order valence-corrected chi connectivity index (χ4v) is 1.74. The average Bonchev–Trinajstić information content (AvgIpc) is 3.14. The molecule has 0 aliphatic heterocycles. The van der Waals surface area contributed by atoms with Gasteiger partial charge in [0, 0.05) is 6.04 Å². The maximum Gasteiger partial charge on any atom is 0.262 e. The number of aryl methyl sites for hydroxylation is 1. The van der Waals surface area contributed by atoms with Crippen LogP contribution in [0.2, 0.25) is 0 Å². The molecule has 2 rings (SSSR count). The Labute approximate surface area is 107 Å². The van der Waals surface area contributed by atoms with E-state index < -0.39 is 0 Å². The summed E-state index contributed by atoms with van der Waals surface area (Å²) in [4.78, 5) is 11.9. The third kappa shape index (κ3) is 2.78. The summed E-state index contributed by atoms with van der Waals surface area (Å²) in [7, 11) is 0. The third-order valence-electron chi connectivity index (χ3n) is 3.11. The van der Waals surface area contributed by atoms with Crippen LogP contribution in [0.1, 0.15) is 30.9 Å². The SMILES string of the molecule is CC(=C(C#N)C(=O)NC1CC1)c1ccc(C)cc1. The molecule has 92 valence electrons. The van der Waals surface area contributed by atoms with Crippen molar-refractivity contribution in [3.05, 3.63) is 41.0 Å². The first-order valence-corrected chi connectivity index (χ1v) is 6.10. The molecule has 1 fully saturated rings. The van der Waals surface area contributed by atoms with E-state index in [1.807, 2.05) is 44.2 Å². The van der Waals surface area contributed by atoms with Gasteiger partial charge in [-0.15, -0.1) is 0 Å². The molecule has 1 aromatic rings. The Hall–Kier alpha value is -2.08. The van der Waals surface area contributed by atoms with Gasteiger partial charge >= 0.3 is 0 Å². The molecule has 0 bridgehead atoms. The minimum Gasteiger partial charge on any atom is -0.349 e. The molecular formula is C15H16N2O. The molecule has 3 heteroatoms. The van der Waals surface area contributed by atoms with Crippen molar-refractivity contribution in [3.63, 3.8) is 0 Å². The van der Waals surface area contributed by atoms with Crippen molar-refractivity contribution in [2.45, 2.75) is 32.7 Å². The smallest absolute Gasteiger partial charge is 0.262 e. The van der Waals surface area contributed by atoms with Crippen LogP contribution in [0.3, 0.4) is 0 Å². The quantitative estimate of drug-likeness (QED) is 0.652. The van der Waals surface area contributed by atoms with Crippen molar-refractivity contribution in [2.75, 3.05) is 0 Å². The molecule has 1 aromatic carbocycles. The number of amides is 1. The third-order valence-corrected chi connectivity index (χ3v) is 3.11. The van der Waals surface area contributed by atoms with Crippen molar-refractivity contribution in [2.24, 2.45) is 0 Å². The first-order chi connectivity index (χ1) is 8.61. The summed E-state index contributed by atoms with van der Waals surface area (Å²) in [6.07, 6.45) is 2.04. The van der Waals surface area contributed by atoms with Gasteiger partial charge in [-0.1, -0.05) is 29.8 Å². The van der Waals surface area contributed by atoms with E-state index in [0.717, 1.165) is 29.5 Å². The van der Waals surface area contributed by atoms with Crippen molar-refractivity contribution < 1.29 is 4.79 Å². The monoisotopic (exact) mass is 240 g/mol. The van der Waals surface area contributed by atoms with Gasteiger partial charge in [0.1, 0.15) is 11.6 Å². The summed E-state index contributed by atoms with van der Waals surface area (Å²) < 4.78 is 0. The van der Waals surface area contributed by atoms with E-state index in [9.17, 15) is 4.79 Å². The largest absolute Gasteiger partial charge is 0.349 e. The summed E-state index contributed by atoms with van der Waals surface area (Å²) in [5, 5.41) is 12.0. The molecule has 0 spiro atoms. The predicted molar refractivity (Wildman–Crippen MR) is 70.6 cm³/mol. The molecule has 18 heavy (non-hydrogen) atoms. The molecule has 1 aliphatic carbocycles. The molecule has 0 radical (unpaired) electrons. The van der Waals surface area contributed by atoms with Crippen molar-refractivity contribution in [1.82, 2.24) is 5.32 Å². The lowest BCUT2D eigenvalue weighted by molar-refractivity contribution is -0.117. The molecule has 1 N–H and O–H groups in total. The lowest BCUT2D eigenvalue weighted by Crippen LogP contribution is -2.27.